The van der Waals surface area contributed by atoms with E-state index in [-0.39, 0.29) is 17.8 Å². The van der Waals surface area contributed by atoms with Gasteiger partial charge < -0.3 is 9.72 Å². The van der Waals surface area contributed by atoms with Crippen LogP contribution in [0, 0.1) is 0 Å². The highest BCUT2D eigenvalue weighted by atomic mass is 16.5. The number of ketones is 1. The molecule has 110 valence electrons. The van der Waals surface area contributed by atoms with Crippen molar-refractivity contribution in [1.29, 1.82) is 0 Å². The summed E-state index contributed by atoms with van der Waals surface area (Å²) in [5.74, 6) is -0.741. The van der Waals surface area contributed by atoms with Gasteiger partial charge in [0.15, 0.2) is 12.4 Å². The van der Waals surface area contributed by atoms with E-state index in [1.807, 2.05) is 12.1 Å². The monoisotopic (exact) mass is 285 g/mol. The van der Waals surface area contributed by atoms with E-state index in [1.165, 1.54) is 0 Å². The molecule has 2 rings (SSSR count). The van der Waals surface area contributed by atoms with Crippen LogP contribution < -0.4 is 0 Å². The number of Topliss-reactive ketones (excluding diaryl/α,β-unsaturated/α-hetero) is 1. The molecular weight excluding hydrogens is 266 g/mol. The first-order valence-corrected chi connectivity index (χ1v) is 6.82. The fraction of sp³-hybridized carbons (Fsp3) is 0.294. The highest BCUT2D eigenvalue weighted by Crippen LogP contribution is 2.22. The summed E-state index contributed by atoms with van der Waals surface area (Å²) in [5, 5.41) is 0. The predicted octanol–water partition coefficient (Wildman–Crippen LogP) is 3.35. The van der Waals surface area contributed by atoms with E-state index in [0.717, 1.165) is 5.56 Å². The normalized spacial score (nSPS) is 11.2. The maximum atomic E-state index is 12.0. The molecule has 1 aromatic carbocycles. The van der Waals surface area contributed by atoms with Crippen LogP contribution in [0.15, 0.2) is 42.6 Å². The lowest BCUT2D eigenvalue weighted by atomic mass is 9.86. The van der Waals surface area contributed by atoms with Gasteiger partial charge in [-0.2, -0.15) is 0 Å². The molecule has 0 spiro atoms. The van der Waals surface area contributed by atoms with Crippen LogP contribution >= 0.6 is 0 Å². The van der Waals surface area contributed by atoms with Crippen molar-refractivity contribution in [2.75, 3.05) is 6.61 Å². The zero-order chi connectivity index (χ0) is 15.5. The predicted molar refractivity (Wildman–Crippen MR) is 80.5 cm³/mol. The molecular formula is C17H19NO3. The van der Waals surface area contributed by atoms with Crippen LogP contribution in [0.1, 0.15) is 47.2 Å². The van der Waals surface area contributed by atoms with Crippen molar-refractivity contribution in [1.82, 2.24) is 4.98 Å². The summed E-state index contributed by atoms with van der Waals surface area (Å²) in [4.78, 5) is 26.4. The van der Waals surface area contributed by atoms with Crippen molar-refractivity contribution in [3.8, 4) is 0 Å². The molecule has 0 saturated heterocycles. The average molecular weight is 285 g/mol. The number of aromatic amines is 1. The molecule has 4 heteroatoms. The van der Waals surface area contributed by atoms with Crippen molar-refractivity contribution in [3.05, 3.63) is 59.4 Å². The quantitative estimate of drug-likeness (QED) is 0.692. The lowest BCUT2D eigenvalue weighted by Crippen LogP contribution is -2.15. The summed E-state index contributed by atoms with van der Waals surface area (Å²) in [5.41, 5.74) is 2.08. The highest BCUT2D eigenvalue weighted by molar-refractivity contribution is 5.99. The Bertz CT molecular complexity index is 619. The summed E-state index contributed by atoms with van der Waals surface area (Å²) in [6.45, 7) is 6.08. The van der Waals surface area contributed by atoms with Gasteiger partial charge in [-0.1, -0.05) is 45.0 Å². The van der Waals surface area contributed by atoms with Crippen LogP contribution in [0.5, 0.6) is 0 Å². The largest absolute Gasteiger partial charge is 0.453 e. The van der Waals surface area contributed by atoms with Gasteiger partial charge in [0.1, 0.15) is 5.69 Å². The Kier molecular flexibility index (Phi) is 4.26. The molecule has 0 aliphatic carbocycles. The van der Waals surface area contributed by atoms with E-state index in [2.05, 4.69) is 25.8 Å². The Morgan fingerprint density at radius 2 is 1.76 bits per heavy atom. The van der Waals surface area contributed by atoms with Crippen molar-refractivity contribution in [2.45, 2.75) is 26.2 Å². The summed E-state index contributed by atoms with van der Waals surface area (Å²) in [6, 6.07) is 10.7. The van der Waals surface area contributed by atoms with Crippen LogP contribution in [0.2, 0.25) is 0 Å². The topological polar surface area (TPSA) is 59.2 Å². The maximum Gasteiger partial charge on any atom is 0.355 e. The molecule has 0 radical (unpaired) electrons. The average Bonchev–Trinajstić information content (AvgIpc) is 2.98. The first kappa shape index (κ1) is 15.0. The maximum absolute atomic E-state index is 12.0. The zero-order valence-electron chi connectivity index (χ0n) is 12.5. The Morgan fingerprint density at radius 3 is 2.29 bits per heavy atom. The smallest absolute Gasteiger partial charge is 0.355 e. The standard InChI is InChI=1S/C17H19NO3/c1-17(2,3)13-8-6-12(7-9-13)15(19)11-21-16(20)14-5-4-10-18-14/h4-10,18H,11H2,1-3H3. The lowest BCUT2D eigenvalue weighted by molar-refractivity contribution is 0.0469. The van der Waals surface area contributed by atoms with Crippen LogP contribution in [-0.2, 0) is 10.2 Å². The third-order valence-electron chi connectivity index (χ3n) is 3.23. The molecule has 21 heavy (non-hydrogen) atoms. The second-order valence-corrected chi connectivity index (χ2v) is 5.91. The fourth-order valence-corrected chi connectivity index (χ4v) is 1.91. The minimum Gasteiger partial charge on any atom is -0.453 e. The first-order valence-electron chi connectivity index (χ1n) is 6.82. The Balaban J connectivity index is 1.96. The minimum absolute atomic E-state index is 0.0433. The molecule has 0 amide bonds. The van der Waals surface area contributed by atoms with Gasteiger partial charge in [-0.3, -0.25) is 4.79 Å². The van der Waals surface area contributed by atoms with Crippen molar-refractivity contribution >= 4 is 11.8 Å². The third kappa shape index (κ3) is 3.81. The molecule has 1 heterocycles. The van der Waals surface area contributed by atoms with Crippen molar-refractivity contribution in [3.63, 3.8) is 0 Å². The molecule has 0 atom stereocenters. The fourth-order valence-electron chi connectivity index (χ4n) is 1.91. The number of aromatic nitrogens is 1. The Hall–Kier alpha value is -2.36. The van der Waals surface area contributed by atoms with Gasteiger partial charge in [0.25, 0.3) is 0 Å². The summed E-state index contributed by atoms with van der Waals surface area (Å²) in [6.07, 6.45) is 1.63. The van der Waals surface area contributed by atoms with Gasteiger partial charge in [0, 0.05) is 11.8 Å². The molecule has 0 saturated carbocycles. The molecule has 1 aromatic heterocycles. The number of nitrogens with one attached hydrogen (secondary N) is 1. The van der Waals surface area contributed by atoms with Crippen LogP contribution in [-0.4, -0.2) is 23.3 Å². The van der Waals surface area contributed by atoms with Gasteiger partial charge in [0.05, 0.1) is 0 Å². The number of rotatable bonds is 4. The summed E-state index contributed by atoms with van der Waals surface area (Å²) < 4.78 is 4.98. The number of carbonyl (C=O) groups is 2. The number of esters is 1. The molecule has 0 aliphatic heterocycles. The Morgan fingerprint density at radius 1 is 1.10 bits per heavy atom. The van der Waals surface area contributed by atoms with Crippen LogP contribution in [0.3, 0.4) is 0 Å². The van der Waals surface area contributed by atoms with E-state index in [0.29, 0.717) is 11.3 Å². The lowest BCUT2D eigenvalue weighted by Gasteiger charge is -2.18. The number of carbonyl (C=O) groups excluding carboxylic acids is 2. The second-order valence-electron chi connectivity index (χ2n) is 5.91. The van der Waals surface area contributed by atoms with Gasteiger partial charge in [-0.05, 0) is 23.1 Å². The van der Waals surface area contributed by atoms with E-state index in [1.54, 1.807) is 30.5 Å². The number of hydrogen-bond acceptors (Lipinski definition) is 3. The second kappa shape index (κ2) is 5.95. The van der Waals surface area contributed by atoms with Gasteiger partial charge in [-0.25, -0.2) is 4.79 Å². The summed E-state index contributed by atoms with van der Waals surface area (Å²) in [7, 11) is 0. The Labute approximate surface area is 124 Å². The number of H-pyrrole nitrogens is 1. The number of benzene rings is 1. The molecule has 0 bridgehead atoms. The molecule has 0 unspecified atom stereocenters. The molecule has 2 aromatic rings. The van der Waals surface area contributed by atoms with Gasteiger partial charge in [0.2, 0.25) is 0 Å². The van der Waals surface area contributed by atoms with Crippen LogP contribution in [0.4, 0.5) is 0 Å². The third-order valence-corrected chi connectivity index (χ3v) is 3.23. The van der Waals surface area contributed by atoms with Gasteiger partial charge >= 0.3 is 5.97 Å². The van der Waals surface area contributed by atoms with Crippen molar-refractivity contribution < 1.29 is 14.3 Å². The van der Waals surface area contributed by atoms with E-state index < -0.39 is 5.97 Å². The molecule has 0 fully saturated rings. The minimum atomic E-state index is -0.528. The van der Waals surface area contributed by atoms with E-state index in [4.69, 9.17) is 4.74 Å². The number of hydrogen-bond donors (Lipinski definition) is 1. The zero-order valence-corrected chi connectivity index (χ0v) is 12.5. The van der Waals surface area contributed by atoms with E-state index >= 15 is 0 Å². The first-order chi connectivity index (χ1) is 9.88. The van der Waals surface area contributed by atoms with E-state index in [9.17, 15) is 9.59 Å². The molecule has 1 N–H and O–H groups in total. The summed E-state index contributed by atoms with van der Waals surface area (Å²) >= 11 is 0. The van der Waals surface area contributed by atoms with Crippen molar-refractivity contribution in [2.24, 2.45) is 0 Å². The van der Waals surface area contributed by atoms with Crippen LogP contribution in [0.25, 0.3) is 0 Å². The molecule has 0 aliphatic rings. The SMILES string of the molecule is CC(C)(C)c1ccc(C(=O)COC(=O)c2ccc[nH]2)cc1. The number of ether oxygens (including phenoxy) is 1. The van der Waals surface area contributed by atoms with Gasteiger partial charge in [-0.15, -0.1) is 0 Å². The highest BCUT2D eigenvalue weighted by Gasteiger charge is 2.15. The molecule has 4 nitrogen and oxygen atoms in total.